The SMILES string of the molecule is OCc1ccn(-c2ccc(F)c(Br)c2)n1. The number of aliphatic hydroxyl groups excluding tert-OH is 1. The molecule has 78 valence electrons. The van der Waals surface area contributed by atoms with E-state index >= 15 is 0 Å². The van der Waals surface area contributed by atoms with Gasteiger partial charge in [0, 0.05) is 6.20 Å². The van der Waals surface area contributed by atoms with Crippen molar-refractivity contribution >= 4 is 15.9 Å². The van der Waals surface area contributed by atoms with Crippen LogP contribution >= 0.6 is 15.9 Å². The maximum Gasteiger partial charge on any atom is 0.137 e. The third-order valence-electron chi connectivity index (χ3n) is 1.97. The maximum absolute atomic E-state index is 13.0. The highest BCUT2D eigenvalue weighted by molar-refractivity contribution is 9.10. The van der Waals surface area contributed by atoms with Crippen LogP contribution in [0.2, 0.25) is 0 Å². The van der Waals surface area contributed by atoms with Crippen LogP contribution in [0, 0.1) is 5.82 Å². The number of benzene rings is 1. The Morgan fingerprint density at radius 3 is 2.80 bits per heavy atom. The van der Waals surface area contributed by atoms with Crippen LogP contribution in [0.5, 0.6) is 0 Å². The smallest absolute Gasteiger partial charge is 0.137 e. The minimum Gasteiger partial charge on any atom is -0.390 e. The number of hydrogen-bond donors (Lipinski definition) is 1. The average molecular weight is 271 g/mol. The zero-order valence-electron chi connectivity index (χ0n) is 7.69. The van der Waals surface area contributed by atoms with Gasteiger partial charge in [-0.1, -0.05) is 0 Å². The second-order valence-electron chi connectivity index (χ2n) is 3.01. The van der Waals surface area contributed by atoms with Crippen LogP contribution in [0.1, 0.15) is 5.69 Å². The van der Waals surface area contributed by atoms with Crippen molar-refractivity contribution in [2.24, 2.45) is 0 Å². The van der Waals surface area contributed by atoms with Gasteiger partial charge in [-0.05, 0) is 40.2 Å². The quantitative estimate of drug-likeness (QED) is 0.909. The Kier molecular flexibility index (Phi) is 2.83. The molecule has 5 heteroatoms. The second kappa shape index (κ2) is 4.12. The average Bonchev–Trinajstić information content (AvgIpc) is 2.70. The van der Waals surface area contributed by atoms with E-state index in [9.17, 15) is 4.39 Å². The summed E-state index contributed by atoms with van der Waals surface area (Å²) in [5, 5.41) is 12.9. The standard InChI is InChI=1S/C10H8BrFN2O/c11-9-5-8(1-2-10(9)12)14-4-3-7(6-15)13-14/h1-5,15H,6H2. The number of rotatable bonds is 2. The largest absolute Gasteiger partial charge is 0.390 e. The Hall–Kier alpha value is -1.20. The summed E-state index contributed by atoms with van der Waals surface area (Å²) < 4.78 is 14.9. The van der Waals surface area contributed by atoms with Crippen molar-refractivity contribution in [3.63, 3.8) is 0 Å². The van der Waals surface area contributed by atoms with Crippen LogP contribution in [-0.2, 0) is 6.61 Å². The van der Waals surface area contributed by atoms with Gasteiger partial charge >= 0.3 is 0 Å². The fourth-order valence-electron chi connectivity index (χ4n) is 1.22. The zero-order valence-corrected chi connectivity index (χ0v) is 9.28. The molecule has 0 saturated heterocycles. The number of hydrogen-bond acceptors (Lipinski definition) is 2. The van der Waals surface area contributed by atoms with E-state index in [2.05, 4.69) is 21.0 Å². The van der Waals surface area contributed by atoms with Gasteiger partial charge < -0.3 is 5.11 Å². The molecular formula is C10H8BrFN2O. The molecule has 3 nitrogen and oxygen atoms in total. The van der Waals surface area contributed by atoms with Gasteiger partial charge in [0.05, 0.1) is 22.5 Å². The zero-order chi connectivity index (χ0) is 10.8. The molecule has 0 aliphatic heterocycles. The molecule has 0 amide bonds. The van der Waals surface area contributed by atoms with Crippen molar-refractivity contribution in [3.05, 3.63) is 46.4 Å². The molecule has 1 aromatic heterocycles. The molecule has 1 N–H and O–H groups in total. The van der Waals surface area contributed by atoms with E-state index in [1.165, 1.54) is 6.07 Å². The predicted molar refractivity (Wildman–Crippen MR) is 57.1 cm³/mol. The first kappa shape index (κ1) is 10.3. The minimum absolute atomic E-state index is 0.102. The highest BCUT2D eigenvalue weighted by atomic mass is 79.9. The van der Waals surface area contributed by atoms with Gasteiger partial charge in [0.15, 0.2) is 0 Å². The molecule has 0 fully saturated rings. The first-order valence-corrected chi connectivity index (χ1v) is 5.11. The summed E-state index contributed by atoms with van der Waals surface area (Å²) in [6.45, 7) is -0.102. The molecule has 15 heavy (non-hydrogen) atoms. The Morgan fingerprint density at radius 1 is 1.40 bits per heavy atom. The fraction of sp³-hybridized carbons (Fsp3) is 0.100. The molecule has 2 aromatic rings. The molecule has 1 aromatic carbocycles. The summed E-state index contributed by atoms with van der Waals surface area (Å²) in [6.07, 6.45) is 1.71. The second-order valence-corrected chi connectivity index (χ2v) is 3.86. The number of aromatic nitrogens is 2. The van der Waals surface area contributed by atoms with Crippen molar-refractivity contribution in [1.82, 2.24) is 9.78 Å². The molecule has 0 unspecified atom stereocenters. The molecule has 0 bridgehead atoms. The van der Waals surface area contributed by atoms with Gasteiger partial charge in [-0.25, -0.2) is 9.07 Å². The van der Waals surface area contributed by atoms with Gasteiger partial charge in [-0.2, -0.15) is 5.10 Å². The molecule has 0 radical (unpaired) electrons. The van der Waals surface area contributed by atoms with E-state index in [-0.39, 0.29) is 12.4 Å². The van der Waals surface area contributed by atoms with Gasteiger partial charge in [0.1, 0.15) is 5.82 Å². The Balaban J connectivity index is 2.40. The Labute approximate surface area is 94.3 Å². The van der Waals surface area contributed by atoms with Gasteiger partial charge in [-0.3, -0.25) is 0 Å². The molecule has 0 spiro atoms. The normalized spacial score (nSPS) is 10.6. The molecular weight excluding hydrogens is 263 g/mol. The van der Waals surface area contributed by atoms with Crippen LogP contribution in [0.15, 0.2) is 34.9 Å². The number of aliphatic hydroxyl groups is 1. The monoisotopic (exact) mass is 270 g/mol. The van der Waals surface area contributed by atoms with Crippen molar-refractivity contribution in [3.8, 4) is 5.69 Å². The van der Waals surface area contributed by atoms with Gasteiger partial charge in [0.2, 0.25) is 0 Å². The number of halogens is 2. The lowest BCUT2D eigenvalue weighted by Gasteiger charge is -2.02. The molecule has 1 heterocycles. The molecule has 0 aliphatic carbocycles. The van der Waals surface area contributed by atoms with Crippen molar-refractivity contribution in [2.45, 2.75) is 6.61 Å². The van der Waals surface area contributed by atoms with E-state index in [0.717, 1.165) is 5.69 Å². The first-order valence-electron chi connectivity index (χ1n) is 4.31. The highest BCUT2D eigenvalue weighted by Crippen LogP contribution is 2.19. The summed E-state index contributed by atoms with van der Waals surface area (Å²) in [7, 11) is 0. The van der Waals surface area contributed by atoms with E-state index < -0.39 is 0 Å². The lowest BCUT2D eigenvalue weighted by atomic mass is 10.3. The molecule has 0 aliphatic rings. The fourth-order valence-corrected chi connectivity index (χ4v) is 1.58. The first-order chi connectivity index (χ1) is 7.20. The third kappa shape index (κ3) is 2.08. The van der Waals surface area contributed by atoms with E-state index in [1.54, 1.807) is 29.1 Å². The van der Waals surface area contributed by atoms with Crippen LogP contribution in [0.25, 0.3) is 5.69 Å². The van der Waals surface area contributed by atoms with Crippen molar-refractivity contribution in [2.75, 3.05) is 0 Å². The molecule has 0 saturated carbocycles. The highest BCUT2D eigenvalue weighted by Gasteiger charge is 2.03. The topological polar surface area (TPSA) is 38.0 Å². The van der Waals surface area contributed by atoms with E-state index in [0.29, 0.717) is 10.2 Å². The van der Waals surface area contributed by atoms with Crippen LogP contribution in [0.4, 0.5) is 4.39 Å². The summed E-state index contributed by atoms with van der Waals surface area (Å²) in [5.41, 5.74) is 1.32. The van der Waals surface area contributed by atoms with Gasteiger partial charge in [-0.15, -0.1) is 0 Å². The summed E-state index contributed by atoms with van der Waals surface area (Å²) in [5.74, 6) is -0.312. The van der Waals surface area contributed by atoms with Crippen LogP contribution in [-0.4, -0.2) is 14.9 Å². The van der Waals surface area contributed by atoms with Crippen LogP contribution < -0.4 is 0 Å². The Bertz CT molecular complexity index is 484. The summed E-state index contributed by atoms with van der Waals surface area (Å²) in [6, 6.07) is 6.31. The molecule has 2 rings (SSSR count). The minimum atomic E-state index is -0.312. The third-order valence-corrected chi connectivity index (χ3v) is 2.58. The van der Waals surface area contributed by atoms with Crippen LogP contribution in [0.3, 0.4) is 0 Å². The number of nitrogens with zero attached hydrogens (tertiary/aromatic N) is 2. The molecule has 0 atom stereocenters. The Morgan fingerprint density at radius 2 is 2.20 bits per heavy atom. The van der Waals surface area contributed by atoms with E-state index in [4.69, 9.17) is 5.11 Å². The lowest BCUT2D eigenvalue weighted by molar-refractivity contribution is 0.276. The van der Waals surface area contributed by atoms with Crippen molar-refractivity contribution in [1.29, 1.82) is 0 Å². The summed E-state index contributed by atoms with van der Waals surface area (Å²) in [4.78, 5) is 0. The van der Waals surface area contributed by atoms with Gasteiger partial charge in [0.25, 0.3) is 0 Å². The lowest BCUT2D eigenvalue weighted by Crippen LogP contribution is -1.96. The maximum atomic E-state index is 13.0. The van der Waals surface area contributed by atoms with Crippen molar-refractivity contribution < 1.29 is 9.50 Å². The predicted octanol–water partition coefficient (Wildman–Crippen LogP) is 2.27. The summed E-state index contributed by atoms with van der Waals surface area (Å²) >= 11 is 3.10. The van der Waals surface area contributed by atoms with E-state index in [1.807, 2.05) is 0 Å².